The van der Waals surface area contributed by atoms with E-state index in [1.54, 1.807) is 6.92 Å². The highest BCUT2D eigenvalue weighted by atomic mass is 16.5. The third kappa shape index (κ3) is 5.30. The van der Waals surface area contributed by atoms with Crippen molar-refractivity contribution in [1.29, 1.82) is 0 Å². The van der Waals surface area contributed by atoms with Crippen LogP contribution in [-0.4, -0.2) is 23.7 Å². The predicted octanol–water partition coefficient (Wildman–Crippen LogP) is 2.34. The number of amides is 1. The molecule has 4 heteroatoms. The van der Waals surface area contributed by atoms with E-state index in [-0.39, 0.29) is 11.9 Å². The standard InChI is InChI=1S/C15H23NO3/c1-10(2)16-15(18)7-8-19-14-6-5-13(12(4)17)9-11(14)3/h5-6,9-10,12,17H,7-8H2,1-4H3,(H,16,18). The van der Waals surface area contributed by atoms with E-state index in [1.165, 1.54) is 0 Å². The molecule has 0 saturated carbocycles. The molecule has 0 bridgehead atoms. The number of aryl methyl sites for hydroxylation is 1. The van der Waals surface area contributed by atoms with Crippen LogP contribution in [0.4, 0.5) is 0 Å². The molecule has 0 heterocycles. The van der Waals surface area contributed by atoms with E-state index in [1.807, 2.05) is 39.0 Å². The molecule has 0 aliphatic rings. The van der Waals surface area contributed by atoms with E-state index in [4.69, 9.17) is 4.74 Å². The van der Waals surface area contributed by atoms with E-state index in [2.05, 4.69) is 5.32 Å². The lowest BCUT2D eigenvalue weighted by Crippen LogP contribution is -2.31. The van der Waals surface area contributed by atoms with Crippen LogP contribution in [0.25, 0.3) is 0 Å². The molecule has 2 N–H and O–H groups in total. The van der Waals surface area contributed by atoms with Gasteiger partial charge >= 0.3 is 0 Å². The van der Waals surface area contributed by atoms with Crippen molar-refractivity contribution in [2.45, 2.75) is 46.3 Å². The lowest BCUT2D eigenvalue weighted by molar-refractivity contribution is -0.122. The topological polar surface area (TPSA) is 58.6 Å². The van der Waals surface area contributed by atoms with Crippen molar-refractivity contribution in [3.63, 3.8) is 0 Å². The molecule has 0 saturated heterocycles. The van der Waals surface area contributed by atoms with Gasteiger partial charge in [-0.3, -0.25) is 4.79 Å². The van der Waals surface area contributed by atoms with Crippen molar-refractivity contribution in [2.24, 2.45) is 0 Å². The lowest BCUT2D eigenvalue weighted by atomic mass is 10.1. The van der Waals surface area contributed by atoms with Gasteiger partial charge in [-0.1, -0.05) is 6.07 Å². The molecule has 0 spiro atoms. The molecule has 0 radical (unpaired) electrons. The molecule has 0 fully saturated rings. The third-order valence-corrected chi connectivity index (χ3v) is 2.72. The molecule has 1 rings (SSSR count). The monoisotopic (exact) mass is 265 g/mol. The van der Waals surface area contributed by atoms with Crippen molar-refractivity contribution in [3.05, 3.63) is 29.3 Å². The molecule has 1 aromatic rings. The van der Waals surface area contributed by atoms with E-state index in [9.17, 15) is 9.90 Å². The Morgan fingerprint density at radius 3 is 2.58 bits per heavy atom. The van der Waals surface area contributed by atoms with Crippen LogP contribution < -0.4 is 10.1 Å². The molecule has 106 valence electrons. The lowest BCUT2D eigenvalue weighted by Gasteiger charge is -2.12. The molecule has 4 nitrogen and oxygen atoms in total. The highest BCUT2D eigenvalue weighted by Gasteiger charge is 2.07. The highest BCUT2D eigenvalue weighted by molar-refractivity contribution is 5.76. The van der Waals surface area contributed by atoms with Gasteiger partial charge in [0.1, 0.15) is 5.75 Å². The van der Waals surface area contributed by atoms with Crippen LogP contribution in [0.5, 0.6) is 5.75 Å². The van der Waals surface area contributed by atoms with Crippen molar-refractivity contribution >= 4 is 5.91 Å². The molecule has 1 unspecified atom stereocenters. The fraction of sp³-hybridized carbons (Fsp3) is 0.533. The predicted molar refractivity (Wildman–Crippen MR) is 75.2 cm³/mol. The molecule has 0 aliphatic heterocycles. The summed E-state index contributed by atoms with van der Waals surface area (Å²) in [5.74, 6) is 0.745. The summed E-state index contributed by atoms with van der Waals surface area (Å²) in [5, 5.41) is 12.3. The molecule has 0 aromatic heterocycles. The van der Waals surface area contributed by atoms with Crippen molar-refractivity contribution in [2.75, 3.05) is 6.61 Å². The molecule has 1 amide bonds. The summed E-state index contributed by atoms with van der Waals surface area (Å²) in [4.78, 5) is 11.4. The first-order valence-electron chi connectivity index (χ1n) is 6.61. The zero-order chi connectivity index (χ0) is 14.4. The summed E-state index contributed by atoms with van der Waals surface area (Å²) in [6.07, 6.45) is -0.139. The van der Waals surface area contributed by atoms with E-state index in [0.29, 0.717) is 13.0 Å². The Labute approximate surface area is 114 Å². The SMILES string of the molecule is Cc1cc(C(C)O)ccc1OCCC(=O)NC(C)C. The number of carbonyl (C=O) groups is 1. The van der Waals surface area contributed by atoms with Gasteiger partial charge in [0.2, 0.25) is 5.91 Å². The number of carbonyl (C=O) groups excluding carboxylic acids is 1. The van der Waals surface area contributed by atoms with Crippen LogP contribution in [0, 0.1) is 6.92 Å². The molecule has 1 aromatic carbocycles. The smallest absolute Gasteiger partial charge is 0.223 e. The first kappa shape index (κ1) is 15.5. The fourth-order valence-corrected chi connectivity index (χ4v) is 1.74. The zero-order valence-electron chi connectivity index (χ0n) is 12.1. The summed E-state index contributed by atoms with van der Waals surface area (Å²) < 4.78 is 5.58. The summed E-state index contributed by atoms with van der Waals surface area (Å²) in [5.41, 5.74) is 1.82. The Balaban J connectivity index is 2.48. The average Bonchev–Trinajstić information content (AvgIpc) is 2.29. The number of ether oxygens (including phenoxy) is 1. The van der Waals surface area contributed by atoms with Gasteiger partial charge in [-0.05, 0) is 51.0 Å². The van der Waals surface area contributed by atoms with Crippen LogP contribution in [0.1, 0.15) is 44.4 Å². The first-order chi connectivity index (χ1) is 8.90. The molecular formula is C15H23NO3. The maximum Gasteiger partial charge on any atom is 0.223 e. The first-order valence-corrected chi connectivity index (χ1v) is 6.61. The highest BCUT2D eigenvalue weighted by Crippen LogP contribution is 2.22. The molecular weight excluding hydrogens is 242 g/mol. The Kier molecular flexibility index (Phi) is 5.83. The van der Waals surface area contributed by atoms with Crippen LogP contribution in [-0.2, 0) is 4.79 Å². The van der Waals surface area contributed by atoms with Gasteiger partial charge in [-0.2, -0.15) is 0 Å². The normalized spacial score (nSPS) is 12.3. The minimum absolute atomic E-state index is 0.00625. The van der Waals surface area contributed by atoms with Crippen LogP contribution >= 0.6 is 0 Å². The van der Waals surface area contributed by atoms with E-state index >= 15 is 0 Å². The number of hydrogen-bond donors (Lipinski definition) is 2. The zero-order valence-corrected chi connectivity index (χ0v) is 12.1. The second-order valence-corrected chi connectivity index (χ2v) is 5.02. The van der Waals surface area contributed by atoms with Gasteiger partial charge in [0.25, 0.3) is 0 Å². The summed E-state index contributed by atoms with van der Waals surface area (Å²) in [7, 11) is 0. The largest absolute Gasteiger partial charge is 0.493 e. The van der Waals surface area contributed by atoms with Gasteiger partial charge in [0.05, 0.1) is 19.1 Å². The summed E-state index contributed by atoms with van der Waals surface area (Å²) in [6.45, 7) is 7.86. The Morgan fingerprint density at radius 1 is 1.37 bits per heavy atom. The number of hydrogen-bond acceptors (Lipinski definition) is 3. The average molecular weight is 265 g/mol. The second-order valence-electron chi connectivity index (χ2n) is 5.02. The minimum Gasteiger partial charge on any atom is -0.493 e. The van der Waals surface area contributed by atoms with Gasteiger partial charge in [0, 0.05) is 6.04 Å². The number of aliphatic hydroxyl groups excluding tert-OH is 1. The second kappa shape index (κ2) is 7.14. The van der Waals surface area contributed by atoms with Gasteiger partial charge < -0.3 is 15.2 Å². The van der Waals surface area contributed by atoms with Crippen LogP contribution in [0.2, 0.25) is 0 Å². The van der Waals surface area contributed by atoms with E-state index < -0.39 is 6.10 Å². The minimum atomic E-state index is -0.482. The third-order valence-electron chi connectivity index (χ3n) is 2.72. The quantitative estimate of drug-likeness (QED) is 0.830. The fourth-order valence-electron chi connectivity index (χ4n) is 1.74. The Hall–Kier alpha value is -1.55. The van der Waals surface area contributed by atoms with Crippen molar-refractivity contribution in [3.8, 4) is 5.75 Å². The van der Waals surface area contributed by atoms with Gasteiger partial charge in [-0.15, -0.1) is 0 Å². The van der Waals surface area contributed by atoms with Gasteiger partial charge in [0.15, 0.2) is 0 Å². The van der Waals surface area contributed by atoms with Crippen molar-refractivity contribution in [1.82, 2.24) is 5.32 Å². The summed E-state index contributed by atoms with van der Waals surface area (Å²) >= 11 is 0. The van der Waals surface area contributed by atoms with E-state index in [0.717, 1.165) is 16.9 Å². The molecule has 0 aliphatic carbocycles. The number of rotatable bonds is 6. The van der Waals surface area contributed by atoms with Gasteiger partial charge in [-0.25, -0.2) is 0 Å². The molecule has 19 heavy (non-hydrogen) atoms. The van der Waals surface area contributed by atoms with Crippen molar-refractivity contribution < 1.29 is 14.6 Å². The van der Waals surface area contributed by atoms with Crippen LogP contribution in [0.3, 0.4) is 0 Å². The maximum absolute atomic E-state index is 11.4. The number of nitrogens with one attached hydrogen (secondary N) is 1. The summed E-state index contributed by atoms with van der Waals surface area (Å²) in [6, 6.07) is 5.71. The van der Waals surface area contributed by atoms with Crippen LogP contribution in [0.15, 0.2) is 18.2 Å². The Bertz CT molecular complexity index is 427. The number of benzene rings is 1. The maximum atomic E-state index is 11.4. The molecule has 1 atom stereocenters. The Morgan fingerprint density at radius 2 is 2.05 bits per heavy atom. The number of aliphatic hydroxyl groups is 1.